The Hall–Kier alpha value is -2.30. The van der Waals surface area contributed by atoms with Gasteiger partial charge in [0.1, 0.15) is 5.82 Å². The number of nitrogens with zero attached hydrogens (tertiary/aromatic N) is 3. The molecule has 0 spiro atoms. The first-order valence-corrected chi connectivity index (χ1v) is 6.87. The molecule has 1 aliphatic heterocycles. The summed E-state index contributed by atoms with van der Waals surface area (Å²) in [6.07, 6.45) is 4.03. The van der Waals surface area contributed by atoms with Gasteiger partial charge in [-0.3, -0.25) is 9.48 Å². The van der Waals surface area contributed by atoms with Crippen LogP contribution in [0.3, 0.4) is 0 Å². The van der Waals surface area contributed by atoms with Crippen molar-refractivity contribution in [2.45, 2.75) is 25.4 Å². The van der Waals surface area contributed by atoms with Crippen LogP contribution in [-0.2, 0) is 13.6 Å². The van der Waals surface area contributed by atoms with Gasteiger partial charge in [0.2, 0.25) is 0 Å². The van der Waals surface area contributed by atoms with E-state index in [0.717, 1.165) is 41.6 Å². The number of aryl methyl sites for hydroxylation is 1. The van der Waals surface area contributed by atoms with Crippen LogP contribution in [0.4, 0.5) is 5.82 Å². The van der Waals surface area contributed by atoms with Crippen LogP contribution in [0.15, 0.2) is 24.4 Å². The molecular formula is C15H16N4O. The normalized spacial score (nSPS) is 17.6. The van der Waals surface area contributed by atoms with Crippen LogP contribution in [0.1, 0.15) is 28.8 Å². The lowest BCUT2D eigenvalue weighted by Gasteiger charge is -2.13. The van der Waals surface area contributed by atoms with E-state index in [0.29, 0.717) is 11.9 Å². The Morgan fingerprint density at radius 2 is 2.10 bits per heavy atom. The maximum atomic E-state index is 12.4. The van der Waals surface area contributed by atoms with E-state index < -0.39 is 0 Å². The maximum Gasteiger partial charge on any atom is 0.254 e. The predicted octanol–water partition coefficient (Wildman–Crippen LogP) is 1.79. The van der Waals surface area contributed by atoms with Crippen molar-refractivity contribution in [2.75, 3.05) is 5.73 Å². The van der Waals surface area contributed by atoms with E-state index in [-0.39, 0.29) is 5.91 Å². The van der Waals surface area contributed by atoms with E-state index in [2.05, 4.69) is 5.10 Å². The Bertz CT molecular complexity index is 715. The topological polar surface area (TPSA) is 64.2 Å². The first-order valence-electron chi connectivity index (χ1n) is 6.87. The lowest BCUT2D eigenvalue weighted by Crippen LogP contribution is -2.25. The molecule has 102 valence electrons. The predicted molar refractivity (Wildman–Crippen MR) is 76.0 cm³/mol. The second-order valence-corrected chi connectivity index (χ2v) is 5.60. The van der Waals surface area contributed by atoms with Gasteiger partial charge in [-0.1, -0.05) is 12.1 Å². The zero-order chi connectivity index (χ0) is 13.9. The van der Waals surface area contributed by atoms with Crippen LogP contribution in [0, 0.1) is 0 Å². The minimum Gasteiger partial charge on any atom is -0.383 e. The smallest absolute Gasteiger partial charge is 0.254 e. The van der Waals surface area contributed by atoms with Gasteiger partial charge in [0.15, 0.2) is 0 Å². The van der Waals surface area contributed by atoms with Gasteiger partial charge in [0.05, 0.1) is 6.20 Å². The molecule has 0 bridgehead atoms. The van der Waals surface area contributed by atoms with Crippen LogP contribution < -0.4 is 5.73 Å². The van der Waals surface area contributed by atoms with Crippen LogP contribution >= 0.6 is 0 Å². The Morgan fingerprint density at radius 1 is 1.30 bits per heavy atom. The second kappa shape index (κ2) is 3.85. The molecular weight excluding hydrogens is 252 g/mol. The van der Waals surface area contributed by atoms with E-state index in [1.807, 2.05) is 30.1 Å². The molecule has 2 aliphatic rings. The third-order valence-electron chi connectivity index (χ3n) is 4.23. The van der Waals surface area contributed by atoms with Gasteiger partial charge in [-0.05, 0) is 30.0 Å². The average molecular weight is 268 g/mol. The molecule has 5 nitrogen and oxygen atoms in total. The number of carbonyl (C=O) groups excluding carboxylic acids is 1. The Labute approximate surface area is 117 Å². The average Bonchev–Trinajstić information content (AvgIpc) is 3.17. The third-order valence-corrected chi connectivity index (χ3v) is 4.23. The molecule has 1 fully saturated rings. The van der Waals surface area contributed by atoms with Crippen LogP contribution in [0.2, 0.25) is 0 Å². The molecule has 1 aromatic heterocycles. The van der Waals surface area contributed by atoms with Crippen molar-refractivity contribution in [3.63, 3.8) is 0 Å². The summed E-state index contributed by atoms with van der Waals surface area (Å²) in [5.41, 5.74) is 9.78. The molecule has 5 heteroatoms. The molecule has 1 aromatic carbocycles. The molecule has 4 rings (SSSR count). The fourth-order valence-electron chi connectivity index (χ4n) is 2.84. The minimum absolute atomic E-state index is 0.159. The number of aromatic nitrogens is 2. The fraction of sp³-hybridized carbons (Fsp3) is 0.333. The van der Waals surface area contributed by atoms with Gasteiger partial charge in [0, 0.05) is 30.8 Å². The van der Waals surface area contributed by atoms with E-state index in [1.165, 1.54) is 0 Å². The summed E-state index contributed by atoms with van der Waals surface area (Å²) in [6.45, 7) is 0.752. The van der Waals surface area contributed by atoms with Crippen molar-refractivity contribution >= 4 is 11.7 Å². The number of carbonyl (C=O) groups is 1. The summed E-state index contributed by atoms with van der Waals surface area (Å²) in [5, 5.41) is 4.15. The Balaban J connectivity index is 1.76. The monoisotopic (exact) mass is 268 g/mol. The van der Waals surface area contributed by atoms with Crippen molar-refractivity contribution in [2.24, 2.45) is 7.05 Å². The number of anilines is 1. The summed E-state index contributed by atoms with van der Waals surface area (Å²) in [7, 11) is 1.81. The van der Waals surface area contributed by atoms with Gasteiger partial charge in [0.25, 0.3) is 5.91 Å². The second-order valence-electron chi connectivity index (χ2n) is 5.60. The first kappa shape index (κ1) is 11.5. The highest BCUT2D eigenvalue weighted by Crippen LogP contribution is 2.36. The first-order chi connectivity index (χ1) is 9.65. The van der Waals surface area contributed by atoms with E-state index in [4.69, 9.17) is 5.73 Å². The quantitative estimate of drug-likeness (QED) is 0.903. The summed E-state index contributed by atoms with van der Waals surface area (Å²) in [5.74, 6) is 0.779. The largest absolute Gasteiger partial charge is 0.383 e. The SMILES string of the molecule is Cn1ncc(-c2ccc3c(c2)C(=O)N(C2CC2)C3)c1N. The fourth-order valence-corrected chi connectivity index (χ4v) is 2.84. The van der Waals surface area contributed by atoms with Crippen molar-refractivity contribution in [3.8, 4) is 11.1 Å². The summed E-state index contributed by atoms with van der Waals surface area (Å²) >= 11 is 0. The molecule has 0 unspecified atom stereocenters. The molecule has 0 saturated heterocycles. The maximum absolute atomic E-state index is 12.4. The van der Waals surface area contributed by atoms with Crippen LogP contribution in [0.5, 0.6) is 0 Å². The third kappa shape index (κ3) is 1.56. The summed E-state index contributed by atoms with van der Waals surface area (Å²) in [6, 6.07) is 6.47. The minimum atomic E-state index is 0.159. The van der Waals surface area contributed by atoms with Crippen molar-refractivity contribution < 1.29 is 4.79 Å². The number of benzene rings is 1. The number of nitrogen functional groups attached to an aromatic ring is 1. The number of nitrogens with two attached hydrogens (primary N) is 1. The standard InChI is InChI=1S/C15H16N4O/c1-18-14(16)13(7-17-18)9-2-3-10-8-19(11-4-5-11)15(20)12(10)6-9/h2-3,6-7,11H,4-5,8,16H2,1H3. The zero-order valence-corrected chi connectivity index (χ0v) is 11.3. The summed E-state index contributed by atoms with van der Waals surface area (Å²) in [4.78, 5) is 14.4. The molecule has 2 aromatic rings. The number of fused-ring (bicyclic) bond motifs is 1. The number of amides is 1. The highest BCUT2D eigenvalue weighted by Gasteiger charge is 2.38. The number of hydrogen-bond acceptors (Lipinski definition) is 3. The van der Waals surface area contributed by atoms with Gasteiger partial charge >= 0.3 is 0 Å². The molecule has 2 heterocycles. The van der Waals surface area contributed by atoms with E-state index in [9.17, 15) is 4.79 Å². The van der Waals surface area contributed by atoms with Crippen molar-refractivity contribution in [1.82, 2.24) is 14.7 Å². The van der Waals surface area contributed by atoms with Gasteiger partial charge in [-0.2, -0.15) is 5.10 Å². The molecule has 1 aliphatic carbocycles. The lowest BCUT2D eigenvalue weighted by molar-refractivity contribution is 0.0766. The van der Waals surface area contributed by atoms with Gasteiger partial charge < -0.3 is 10.6 Å². The molecule has 0 radical (unpaired) electrons. The van der Waals surface area contributed by atoms with Gasteiger partial charge in [-0.15, -0.1) is 0 Å². The van der Waals surface area contributed by atoms with E-state index in [1.54, 1.807) is 10.9 Å². The van der Waals surface area contributed by atoms with Crippen LogP contribution in [0.25, 0.3) is 11.1 Å². The summed E-state index contributed by atoms with van der Waals surface area (Å²) < 4.78 is 1.64. The number of hydrogen-bond donors (Lipinski definition) is 1. The van der Waals surface area contributed by atoms with Crippen molar-refractivity contribution in [1.29, 1.82) is 0 Å². The molecule has 0 atom stereocenters. The lowest BCUT2D eigenvalue weighted by atomic mass is 10.0. The Morgan fingerprint density at radius 3 is 2.75 bits per heavy atom. The zero-order valence-electron chi connectivity index (χ0n) is 11.3. The Kier molecular flexibility index (Phi) is 2.22. The van der Waals surface area contributed by atoms with E-state index >= 15 is 0 Å². The number of rotatable bonds is 2. The van der Waals surface area contributed by atoms with Crippen LogP contribution in [-0.4, -0.2) is 26.6 Å². The molecule has 20 heavy (non-hydrogen) atoms. The molecule has 1 amide bonds. The molecule has 1 saturated carbocycles. The van der Waals surface area contributed by atoms with Crippen molar-refractivity contribution in [3.05, 3.63) is 35.5 Å². The highest BCUT2D eigenvalue weighted by atomic mass is 16.2. The molecule has 2 N–H and O–H groups in total. The highest BCUT2D eigenvalue weighted by molar-refractivity contribution is 6.00. The van der Waals surface area contributed by atoms with Gasteiger partial charge in [-0.25, -0.2) is 0 Å².